The minimum absolute atomic E-state index is 0.111. The van der Waals surface area contributed by atoms with E-state index in [1.165, 1.54) is 10.9 Å². The highest BCUT2D eigenvalue weighted by atomic mass is 35.5. The van der Waals surface area contributed by atoms with Gasteiger partial charge in [0, 0.05) is 16.1 Å². The normalized spacial score (nSPS) is 11.2. The molecule has 9 heteroatoms. The standard InChI is InChI=1S/C23H17ClN6O2/c24-17-10-8-15(9-11-17)12-30-22-21(27-28-30)23(32)29(14-25-22)13-20(31)26-19-7-3-5-16-4-1-2-6-18(16)19/h1-11,14H,12-13H2,(H,26,31). The van der Waals surface area contributed by atoms with Crippen LogP contribution in [0.5, 0.6) is 0 Å². The maximum atomic E-state index is 12.8. The third kappa shape index (κ3) is 3.83. The molecule has 5 rings (SSSR count). The Labute approximate surface area is 187 Å². The van der Waals surface area contributed by atoms with Gasteiger partial charge >= 0.3 is 0 Å². The second kappa shape index (κ2) is 8.24. The number of amides is 1. The Balaban J connectivity index is 1.37. The second-order valence-electron chi connectivity index (χ2n) is 7.30. The van der Waals surface area contributed by atoms with E-state index in [2.05, 4.69) is 20.6 Å². The molecule has 8 nitrogen and oxygen atoms in total. The van der Waals surface area contributed by atoms with Crippen molar-refractivity contribution in [3.05, 3.63) is 94.0 Å². The first kappa shape index (κ1) is 19.9. The van der Waals surface area contributed by atoms with Crippen molar-refractivity contribution in [3.63, 3.8) is 0 Å². The topological polar surface area (TPSA) is 94.7 Å². The highest BCUT2D eigenvalue weighted by Crippen LogP contribution is 2.22. The smallest absolute Gasteiger partial charge is 0.283 e. The lowest BCUT2D eigenvalue weighted by Gasteiger charge is -2.10. The Bertz CT molecular complexity index is 1500. The van der Waals surface area contributed by atoms with Crippen LogP contribution in [0.4, 0.5) is 5.69 Å². The summed E-state index contributed by atoms with van der Waals surface area (Å²) in [7, 11) is 0. The summed E-state index contributed by atoms with van der Waals surface area (Å²) in [5.41, 5.74) is 1.67. The van der Waals surface area contributed by atoms with Crippen LogP contribution in [-0.4, -0.2) is 30.5 Å². The number of hydrogen-bond acceptors (Lipinski definition) is 5. The molecular weight excluding hydrogens is 428 g/mol. The Morgan fingerprint density at radius 1 is 1.00 bits per heavy atom. The van der Waals surface area contributed by atoms with Gasteiger partial charge in [0.2, 0.25) is 5.91 Å². The fraction of sp³-hybridized carbons (Fsp3) is 0.0870. The molecule has 0 atom stereocenters. The van der Waals surface area contributed by atoms with Gasteiger partial charge in [0.05, 0.1) is 6.54 Å². The Hall–Kier alpha value is -4.04. The molecule has 158 valence electrons. The third-order valence-corrected chi connectivity index (χ3v) is 5.37. The van der Waals surface area contributed by atoms with Gasteiger partial charge in [-0.05, 0) is 29.1 Å². The number of anilines is 1. The van der Waals surface area contributed by atoms with E-state index in [1.54, 1.807) is 16.8 Å². The average Bonchev–Trinajstić information content (AvgIpc) is 3.21. The van der Waals surface area contributed by atoms with Gasteiger partial charge in [0.15, 0.2) is 11.2 Å². The van der Waals surface area contributed by atoms with Crippen molar-refractivity contribution in [1.82, 2.24) is 24.5 Å². The fourth-order valence-corrected chi connectivity index (χ4v) is 3.67. The minimum Gasteiger partial charge on any atom is -0.324 e. The third-order valence-electron chi connectivity index (χ3n) is 5.12. The number of aromatic nitrogens is 5. The van der Waals surface area contributed by atoms with E-state index in [1.807, 2.05) is 54.6 Å². The first-order valence-electron chi connectivity index (χ1n) is 9.89. The van der Waals surface area contributed by atoms with Crippen LogP contribution in [0, 0.1) is 0 Å². The molecule has 0 saturated carbocycles. The average molecular weight is 445 g/mol. The van der Waals surface area contributed by atoms with Crippen LogP contribution in [-0.2, 0) is 17.9 Å². The summed E-state index contributed by atoms with van der Waals surface area (Å²) in [5, 5.41) is 13.5. The van der Waals surface area contributed by atoms with E-state index >= 15 is 0 Å². The van der Waals surface area contributed by atoms with Crippen LogP contribution in [0.2, 0.25) is 5.02 Å². The Morgan fingerprint density at radius 2 is 1.78 bits per heavy atom. The van der Waals surface area contributed by atoms with Crippen molar-refractivity contribution in [2.24, 2.45) is 0 Å². The number of nitrogens with zero attached hydrogens (tertiary/aromatic N) is 5. The zero-order valence-corrected chi connectivity index (χ0v) is 17.5. The molecular formula is C23H17ClN6O2. The van der Waals surface area contributed by atoms with Gasteiger partial charge in [0.25, 0.3) is 5.56 Å². The molecule has 0 saturated heterocycles. The summed E-state index contributed by atoms with van der Waals surface area (Å²) in [6.07, 6.45) is 1.34. The van der Waals surface area contributed by atoms with E-state index in [-0.39, 0.29) is 18.0 Å². The molecule has 0 radical (unpaired) electrons. The zero-order valence-electron chi connectivity index (χ0n) is 16.8. The zero-order chi connectivity index (χ0) is 22.1. The van der Waals surface area contributed by atoms with Gasteiger partial charge in [-0.3, -0.25) is 14.2 Å². The summed E-state index contributed by atoms with van der Waals surface area (Å²) < 4.78 is 2.77. The summed E-state index contributed by atoms with van der Waals surface area (Å²) in [6.45, 7) is 0.209. The molecule has 2 heterocycles. The van der Waals surface area contributed by atoms with Crippen molar-refractivity contribution in [3.8, 4) is 0 Å². The largest absolute Gasteiger partial charge is 0.324 e. The van der Waals surface area contributed by atoms with Gasteiger partial charge in [0.1, 0.15) is 12.9 Å². The van der Waals surface area contributed by atoms with Gasteiger partial charge in [-0.1, -0.05) is 65.3 Å². The van der Waals surface area contributed by atoms with Gasteiger partial charge in [-0.25, -0.2) is 9.67 Å². The van der Waals surface area contributed by atoms with E-state index in [9.17, 15) is 9.59 Å². The lowest BCUT2D eigenvalue weighted by Crippen LogP contribution is -2.28. The number of halogens is 1. The van der Waals surface area contributed by atoms with E-state index in [0.717, 1.165) is 16.3 Å². The predicted molar refractivity (Wildman–Crippen MR) is 123 cm³/mol. The van der Waals surface area contributed by atoms with Crippen LogP contribution in [0.1, 0.15) is 5.56 Å². The lowest BCUT2D eigenvalue weighted by atomic mass is 10.1. The van der Waals surface area contributed by atoms with Crippen LogP contribution in [0.25, 0.3) is 21.9 Å². The molecule has 5 aromatic rings. The van der Waals surface area contributed by atoms with Crippen molar-refractivity contribution < 1.29 is 4.79 Å². The van der Waals surface area contributed by atoms with Gasteiger partial charge in [-0.15, -0.1) is 5.10 Å². The van der Waals surface area contributed by atoms with E-state index < -0.39 is 5.56 Å². The molecule has 2 aromatic heterocycles. The molecule has 0 fully saturated rings. The number of benzene rings is 3. The van der Waals surface area contributed by atoms with Crippen LogP contribution in [0.3, 0.4) is 0 Å². The highest BCUT2D eigenvalue weighted by Gasteiger charge is 2.14. The first-order chi connectivity index (χ1) is 15.6. The van der Waals surface area contributed by atoms with Crippen molar-refractivity contribution in [2.45, 2.75) is 13.1 Å². The Morgan fingerprint density at radius 3 is 2.62 bits per heavy atom. The summed E-state index contributed by atoms with van der Waals surface area (Å²) >= 11 is 5.92. The fourth-order valence-electron chi connectivity index (χ4n) is 3.55. The van der Waals surface area contributed by atoms with Crippen LogP contribution < -0.4 is 10.9 Å². The number of hydrogen-bond donors (Lipinski definition) is 1. The number of fused-ring (bicyclic) bond motifs is 2. The SMILES string of the molecule is O=C(Cn1cnc2c(nnn2Cc2ccc(Cl)cc2)c1=O)Nc1cccc2ccccc12. The minimum atomic E-state index is -0.426. The van der Waals surface area contributed by atoms with Crippen molar-refractivity contribution in [2.75, 3.05) is 5.32 Å². The maximum absolute atomic E-state index is 12.8. The molecule has 32 heavy (non-hydrogen) atoms. The molecule has 1 N–H and O–H groups in total. The molecule has 0 spiro atoms. The number of nitrogens with one attached hydrogen (secondary N) is 1. The molecule has 1 amide bonds. The maximum Gasteiger partial charge on any atom is 0.283 e. The van der Waals surface area contributed by atoms with Crippen molar-refractivity contribution in [1.29, 1.82) is 0 Å². The molecule has 0 aliphatic rings. The van der Waals surface area contributed by atoms with E-state index in [4.69, 9.17) is 11.6 Å². The Kier molecular flexibility index (Phi) is 5.12. The molecule has 0 aliphatic carbocycles. The van der Waals surface area contributed by atoms with Gasteiger partial charge in [-0.2, -0.15) is 0 Å². The first-order valence-corrected chi connectivity index (χ1v) is 10.3. The number of carbonyl (C=O) groups is 1. The number of carbonyl (C=O) groups excluding carboxylic acids is 1. The van der Waals surface area contributed by atoms with Crippen LogP contribution >= 0.6 is 11.6 Å². The predicted octanol–water partition coefficient (Wildman–Crippen LogP) is 3.48. The van der Waals surface area contributed by atoms with Crippen LogP contribution in [0.15, 0.2) is 77.9 Å². The molecule has 0 aliphatic heterocycles. The van der Waals surface area contributed by atoms with Gasteiger partial charge < -0.3 is 5.32 Å². The summed E-state index contributed by atoms with van der Waals surface area (Å²) in [6, 6.07) is 20.7. The number of rotatable bonds is 5. The molecule has 0 bridgehead atoms. The van der Waals surface area contributed by atoms with E-state index in [0.29, 0.717) is 22.9 Å². The van der Waals surface area contributed by atoms with Crippen molar-refractivity contribution >= 4 is 45.1 Å². The second-order valence-corrected chi connectivity index (χ2v) is 7.73. The highest BCUT2D eigenvalue weighted by molar-refractivity contribution is 6.30. The molecule has 3 aromatic carbocycles. The monoisotopic (exact) mass is 444 g/mol. The quantitative estimate of drug-likeness (QED) is 0.448. The molecule has 0 unspecified atom stereocenters. The lowest BCUT2D eigenvalue weighted by molar-refractivity contribution is -0.116. The summed E-state index contributed by atoms with van der Waals surface area (Å²) in [4.78, 5) is 29.8. The summed E-state index contributed by atoms with van der Waals surface area (Å²) in [5.74, 6) is -0.335.